The lowest BCUT2D eigenvalue weighted by Crippen LogP contribution is -2.21. The quantitative estimate of drug-likeness (QED) is 0.843. The summed E-state index contributed by atoms with van der Waals surface area (Å²) in [7, 11) is 1.79. The highest BCUT2D eigenvalue weighted by molar-refractivity contribution is 9.10. The van der Waals surface area contributed by atoms with E-state index in [2.05, 4.69) is 45.1 Å². The molecule has 1 aliphatic rings. The van der Waals surface area contributed by atoms with Crippen molar-refractivity contribution in [2.45, 2.75) is 13.0 Å². The predicted octanol–water partition coefficient (Wildman–Crippen LogP) is 2.92. The molecule has 0 radical (unpaired) electrons. The summed E-state index contributed by atoms with van der Waals surface area (Å²) in [4.78, 5) is 2.51. The Labute approximate surface area is 106 Å². The molecule has 1 saturated heterocycles. The number of rotatable bonds is 4. The Balaban J connectivity index is 1.87. The second-order valence-corrected chi connectivity index (χ2v) is 5.39. The molecule has 2 nitrogen and oxygen atoms in total. The molecule has 88 valence electrons. The maximum atomic E-state index is 5.21. The highest BCUT2D eigenvalue weighted by Crippen LogP contribution is 2.20. The summed E-state index contributed by atoms with van der Waals surface area (Å²) in [5, 5.41) is 0. The Morgan fingerprint density at radius 2 is 2.38 bits per heavy atom. The van der Waals surface area contributed by atoms with Crippen LogP contribution in [0.2, 0.25) is 0 Å². The van der Waals surface area contributed by atoms with Crippen LogP contribution in [0.5, 0.6) is 0 Å². The Morgan fingerprint density at radius 1 is 1.50 bits per heavy atom. The molecule has 0 spiro atoms. The summed E-state index contributed by atoms with van der Waals surface area (Å²) in [6, 6.07) is 8.56. The van der Waals surface area contributed by atoms with E-state index in [9.17, 15) is 0 Å². The van der Waals surface area contributed by atoms with E-state index in [0.29, 0.717) is 0 Å². The molecular weight excluding hydrogens is 266 g/mol. The fourth-order valence-corrected chi connectivity index (χ4v) is 2.77. The van der Waals surface area contributed by atoms with Crippen LogP contribution in [0, 0.1) is 5.92 Å². The number of likely N-dealkylation sites (tertiary alicyclic amines) is 1. The number of halogens is 1. The summed E-state index contributed by atoms with van der Waals surface area (Å²) in [6.07, 6.45) is 1.27. The van der Waals surface area contributed by atoms with Gasteiger partial charge < -0.3 is 4.74 Å². The van der Waals surface area contributed by atoms with Gasteiger partial charge in [-0.05, 0) is 36.6 Å². The van der Waals surface area contributed by atoms with Crippen LogP contribution in [0.15, 0.2) is 28.7 Å². The molecule has 2 rings (SSSR count). The van der Waals surface area contributed by atoms with Gasteiger partial charge in [0.2, 0.25) is 0 Å². The van der Waals surface area contributed by atoms with Crippen molar-refractivity contribution in [2.75, 3.05) is 26.8 Å². The van der Waals surface area contributed by atoms with E-state index in [4.69, 9.17) is 4.74 Å². The molecule has 0 aliphatic carbocycles. The lowest BCUT2D eigenvalue weighted by molar-refractivity contribution is 0.152. The molecule has 1 atom stereocenters. The van der Waals surface area contributed by atoms with E-state index >= 15 is 0 Å². The Hall–Kier alpha value is -0.380. The van der Waals surface area contributed by atoms with Crippen LogP contribution in [0.4, 0.5) is 0 Å². The van der Waals surface area contributed by atoms with Crippen molar-refractivity contribution in [3.8, 4) is 0 Å². The van der Waals surface area contributed by atoms with Gasteiger partial charge in [-0.25, -0.2) is 0 Å². The van der Waals surface area contributed by atoms with Gasteiger partial charge in [0.05, 0.1) is 6.61 Å². The van der Waals surface area contributed by atoms with E-state index in [1.54, 1.807) is 7.11 Å². The van der Waals surface area contributed by atoms with Gasteiger partial charge in [0.15, 0.2) is 0 Å². The number of hydrogen-bond acceptors (Lipinski definition) is 2. The summed E-state index contributed by atoms with van der Waals surface area (Å²) in [6.45, 7) is 4.32. The third-order valence-corrected chi connectivity index (χ3v) is 3.56. The number of benzene rings is 1. The standard InChI is InChI=1S/C13H18BrNO/c1-16-10-12-5-6-15(9-12)8-11-3-2-4-13(14)7-11/h2-4,7,12H,5-6,8-10H2,1H3. The van der Waals surface area contributed by atoms with E-state index in [1.165, 1.54) is 25.1 Å². The van der Waals surface area contributed by atoms with Crippen molar-refractivity contribution < 1.29 is 4.74 Å². The van der Waals surface area contributed by atoms with Crippen molar-refractivity contribution in [3.63, 3.8) is 0 Å². The first-order valence-corrected chi connectivity index (χ1v) is 6.53. The Bertz CT molecular complexity index is 342. The van der Waals surface area contributed by atoms with E-state index in [0.717, 1.165) is 23.5 Å². The van der Waals surface area contributed by atoms with Crippen molar-refractivity contribution in [3.05, 3.63) is 34.3 Å². The lowest BCUT2D eigenvalue weighted by Gasteiger charge is -2.16. The molecule has 0 saturated carbocycles. The average molecular weight is 284 g/mol. The molecule has 1 aromatic rings. The smallest absolute Gasteiger partial charge is 0.0503 e. The van der Waals surface area contributed by atoms with Crippen molar-refractivity contribution in [2.24, 2.45) is 5.92 Å². The SMILES string of the molecule is COCC1CCN(Cc2cccc(Br)c2)C1. The van der Waals surface area contributed by atoms with Crippen LogP contribution in [-0.4, -0.2) is 31.7 Å². The topological polar surface area (TPSA) is 12.5 Å². The monoisotopic (exact) mass is 283 g/mol. The van der Waals surface area contributed by atoms with Crippen molar-refractivity contribution >= 4 is 15.9 Å². The third-order valence-electron chi connectivity index (χ3n) is 3.07. The zero-order chi connectivity index (χ0) is 11.4. The molecule has 1 heterocycles. The number of methoxy groups -OCH3 is 1. The Kier molecular flexibility index (Phi) is 4.38. The van der Waals surface area contributed by atoms with E-state index in [1.807, 2.05) is 0 Å². The van der Waals surface area contributed by atoms with Crippen LogP contribution < -0.4 is 0 Å². The van der Waals surface area contributed by atoms with Gasteiger partial charge in [-0.3, -0.25) is 4.90 Å². The van der Waals surface area contributed by atoms with Gasteiger partial charge in [0.25, 0.3) is 0 Å². The highest BCUT2D eigenvalue weighted by atomic mass is 79.9. The highest BCUT2D eigenvalue weighted by Gasteiger charge is 2.21. The first-order chi connectivity index (χ1) is 7.78. The molecule has 0 bridgehead atoms. The van der Waals surface area contributed by atoms with E-state index < -0.39 is 0 Å². The van der Waals surface area contributed by atoms with Crippen molar-refractivity contribution in [1.29, 1.82) is 0 Å². The first-order valence-electron chi connectivity index (χ1n) is 5.73. The zero-order valence-corrected chi connectivity index (χ0v) is 11.2. The van der Waals surface area contributed by atoms with Gasteiger partial charge in [0.1, 0.15) is 0 Å². The molecule has 3 heteroatoms. The van der Waals surface area contributed by atoms with Crippen molar-refractivity contribution in [1.82, 2.24) is 4.90 Å². The molecule has 16 heavy (non-hydrogen) atoms. The molecule has 0 N–H and O–H groups in total. The van der Waals surface area contributed by atoms with Gasteiger partial charge in [-0.1, -0.05) is 28.1 Å². The third kappa shape index (κ3) is 3.30. The molecule has 1 unspecified atom stereocenters. The molecule has 1 fully saturated rings. The fourth-order valence-electron chi connectivity index (χ4n) is 2.32. The van der Waals surface area contributed by atoms with Gasteiger partial charge in [-0.15, -0.1) is 0 Å². The number of hydrogen-bond donors (Lipinski definition) is 0. The van der Waals surface area contributed by atoms with Crippen LogP contribution in [0.3, 0.4) is 0 Å². The lowest BCUT2D eigenvalue weighted by atomic mass is 10.1. The minimum atomic E-state index is 0.720. The summed E-state index contributed by atoms with van der Waals surface area (Å²) in [5.41, 5.74) is 1.38. The largest absolute Gasteiger partial charge is 0.384 e. The zero-order valence-electron chi connectivity index (χ0n) is 9.66. The second kappa shape index (κ2) is 5.80. The molecule has 0 amide bonds. The summed E-state index contributed by atoms with van der Waals surface area (Å²) >= 11 is 3.51. The maximum Gasteiger partial charge on any atom is 0.0503 e. The average Bonchev–Trinajstić information content (AvgIpc) is 2.66. The predicted molar refractivity (Wildman–Crippen MR) is 69.4 cm³/mol. The van der Waals surface area contributed by atoms with Gasteiger partial charge in [0, 0.05) is 24.7 Å². The van der Waals surface area contributed by atoms with Crippen LogP contribution >= 0.6 is 15.9 Å². The van der Waals surface area contributed by atoms with Gasteiger partial charge in [-0.2, -0.15) is 0 Å². The first kappa shape index (κ1) is 12.1. The molecule has 0 aromatic heterocycles. The van der Waals surface area contributed by atoms with Gasteiger partial charge >= 0.3 is 0 Å². The second-order valence-electron chi connectivity index (χ2n) is 4.48. The summed E-state index contributed by atoms with van der Waals surface area (Å²) < 4.78 is 6.37. The molecule has 1 aliphatic heterocycles. The maximum absolute atomic E-state index is 5.21. The minimum Gasteiger partial charge on any atom is -0.384 e. The van der Waals surface area contributed by atoms with E-state index in [-0.39, 0.29) is 0 Å². The van der Waals surface area contributed by atoms with Crippen LogP contribution in [-0.2, 0) is 11.3 Å². The van der Waals surface area contributed by atoms with Crippen LogP contribution in [0.1, 0.15) is 12.0 Å². The molecular formula is C13H18BrNO. The number of ether oxygens (including phenoxy) is 1. The van der Waals surface area contributed by atoms with Crippen LogP contribution in [0.25, 0.3) is 0 Å². The normalized spacial score (nSPS) is 21.5. The number of nitrogens with zero attached hydrogens (tertiary/aromatic N) is 1. The minimum absolute atomic E-state index is 0.720. The fraction of sp³-hybridized carbons (Fsp3) is 0.538. The molecule has 1 aromatic carbocycles. The Morgan fingerprint density at radius 3 is 3.12 bits per heavy atom. The summed E-state index contributed by atoms with van der Waals surface area (Å²) in [5.74, 6) is 0.720.